The van der Waals surface area contributed by atoms with Crippen LogP contribution in [0.5, 0.6) is 0 Å². The van der Waals surface area contributed by atoms with Gasteiger partial charge in [0.05, 0.1) is 0 Å². The van der Waals surface area contributed by atoms with Crippen LogP contribution in [0.4, 0.5) is 0 Å². The van der Waals surface area contributed by atoms with Gasteiger partial charge in [-0.05, 0) is 31.8 Å². The molecular weight excluding hydrogens is 206 g/mol. The van der Waals surface area contributed by atoms with Gasteiger partial charge in [-0.25, -0.2) is 4.79 Å². The summed E-state index contributed by atoms with van der Waals surface area (Å²) in [5, 5.41) is 3.29. The lowest BCUT2D eigenvalue weighted by atomic mass is 9.98. The average Bonchev–Trinajstić information content (AvgIpc) is 2.31. The van der Waals surface area contributed by atoms with Crippen LogP contribution >= 0.6 is 0 Å². The molecular formula is C11H17N3O2. The summed E-state index contributed by atoms with van der Waals surface area (Å²) < 4.78 is 2.79. The Bertz CT molecular complexity index is 469. The summed E-state index contributed by atoms with van der Waals surface area (Å²) in [7, 11) is 1.52. The third kappa shape index (κ3) is 2.24. The molecule has 0 unspecified atom stereocenters. The molecule has 0 bridgehead atoms. The van der Waals surface area contributed by atoms with E-state index >= 15 is 0 Å². The number of rotatable bonds is 2. The summed E-state index contributed by atoms with van der Waals surface area (Å²) in [6.07, 6.45) is 3.79. The van der Waals surface area contributed by atoms with E-state index in [4.69, 9.17) is 0 Å². The zero-order valence-corrected chi connectivity index (χ0v) is 9.48. The minimum absolute atomic E-state index is 0.217. The van der Waals surface area contributed by atoms with Gasteiger partial charge in [-0.1, -0.05) is 0 Å². The van der Waals surface area contributed by atoms with Crippen LogP contribution in [0.1, 0.15) is 12.8 Å². The highest BCUT2D eigenvalue weighted by Crippen LogP contribution is 2.12. The highest BCUT2D eigenvalue weighted by molar-refractivity contribution is 4.86. The maximum absolute atomic E-state index is 11.8. The van der Waals surface area contributed by atoms with Crippen molar-refractivity contribution in [3.05, 3.63) is 33.1 Å². The fourth-order valence-electron chi connectivity index (χ4n) is 2.10. The number of hydrogen-bond donors (Lipinski definition) is 1. The Labute approximate surface area is 93.7 Å². The molecule has 0 radical (unpaired) electrons. The van der Waals surface area contributed by atoms with Crippen LogP contribution in [-0.2, 0) is 13.6 Å². The van der Waals surface area contributed by atoms with Crippen molar-refractivity contribution in [2.24, 2.45) is 13.0 Å². The molecule has 5 heteroatoms. The highest BCUT2D eigenvalue weighted by atomic mass is 16.2. The molecule has 1 aliphatic heterocycles. The topological polar surface area (TPSA) is 56.0 Å². The van der Waals surface area contributed by atoms with Crippen LogP contribution in [-0.4, -0.2) is 22.2 Å². The average molecular weight is 223 g/mol. The van der Waals surface area contributed by atoms with Crippen molar-refractivity contribution in [2.75, 3.05) is 13.1 Å². The maximum atomic E-state index is 11.8. The Hall–Kier alpha value is -1.36. The lowest BCUT2D eigenvalue weighted by molar-refractivity contribution is 0.325. The number of aromatic nitrogens is 2. The second-order valence-corrected chi connectivity index (χ2v) is 4.34. The molecule has 1 saturated heterocycles. The van der Waals surface area contributed by atoms with Gasteiger partial charge in [-0.3, -0.25) is 9.36 Å². The molecule has 0 aromatic carbocycles. The van der Waals surface area contributed by atoms with E-state index in [-0.39, 0.29) is 11.2 Å². The van der Waals surface area contributed by atoms with E-state index in [1.54, 1.807) is 10.8 Å². The monoisotopic (exact) mass is 223 g/mol. The SMILES string of the molecule is Cn1c(=O)ccn(CC2CCNCC2)c1=O. The van der Waals surface area contributed by atoms with E-state index in [1.165, 1.54) is 13.1 Å². The lowest BCUT2D eigenvalue weighted by Gasteiger charge is -2.23. The van der Waals surface area contributed by atoms with Crippen molar-refractivity contribution < 1.29 is 0 Å². The number of nitrogens with one attached hydrogen (secondary N) is 1. The van der Waals surface area contributed by atoms with Crippen LogP contribution in [0.25, 0.3) is 0 Å². The zero-order chi connectivity index (χ0) is 11.5. The first kappa shape index (κ1) is 11.1. The van der Waals surface area contributed by atoms with Crippen molar-refractivity contribution in [1.29, 1.82) is 0 Å². The van der Waals surface area contributed by atoms with E-state index in [9.17, 15) is 9.59 Å². The van der Waals surface area contributed by atoms with Crippen LogP contribution in [0.2, 0.25) is 0 Å². The molecule has 0 amide bonds. The summed E-state index contributed by atoms with van der Waals surface area (Å²) in [5.41, 5.74) is -0.461. The molecule has 5 nitrogen and oxygen atoms in total. The van der Waals surface area contributed by atoms with Gasteiger partial charge >= 0.3 is 5.69 Å². The van der Waals surface area contributed by atoms with Gasteiger partial charge < -0.3 is 9.88 Å². The molecule has 2 heterocycles. The number of nitrogens with zero attached hydrogens (tertiary/aromatic N) is 2. The van der Waals surface area contributed by atoms with Crippen molar-refractivity contribution in [3.63, 3.8) is 0 Å². The van der Waals surface area contributed by atoms with Crippen LogP contribution in [0, 0.1) is 5.92 Å². The van der Waals surface area contributed by atoms with E-state index in [1.807, 2.05) is 0 Å². The Morgan fingerprint density at radius 3 is 2.75 bits per heavy atom. The first-order valence-corrected chi connectivity index (χ1v) is 5.65. The van der Waals surface area contributed by atoms with Crippen LogP contribution in [0.3, 0.4) is 0 Å². The Morgan fingerprint density at radius 2 is 2.06 bits per heavy atom. The van der Waals surface area contributed by atoms with E-state index in [0.29, 0.717) is 12.5 Å². The molecule has 88 valence electrons. The summed E-state index contributed by atoms with van der Waals surface area (Å²) in [4.78, 5) is 23.0. The third-order valence-electron chi connectivity index (χ3n) is 3.17. The highest BCUT2D eigenvalue weighted by Gasteiger charge is 2.14. The normalized spacial score (nSPS) is 17.6. The Kier molecular flexibility index (Phi) is 3.24. The number of piperidine rings is 1. The Morgan fingerprint density at radius 1 is 1.38 bits per heavy atom. The van der Waals surface area contributed by atoms with Gasteiger partial charge in [0.1, 0.15) is 0 Å². The molecule has 1 aromatic rings. The molecule has 1 aliphatic rings. The van der Waals surface area contributed by atoms with Gasteiger partial charge in [-0.15, -0.1) is 0 Å². The van der Waals surface area contributed by atoms with Crippen LogP contribution in [0.15, 0.2) is 21.9 Å². The minimum atomic E-state index is -0.244. The van der Waals surface area contributed by atoms with Gasteiger partial charge in [-0.2, -0.15) is 0 Å². The molecule has 1 aromatic heterocycles. The van der Waals surface area contributed by atoms with Gasteiger partial charge in [0.15, 0.2) is 0 Å². The van der Waals surface area contributed by atoms with Gasteiger partial charge in [0.25, 0.3) is 5.56 Å². The Balaban J connectivity index is 2.18. The largest absolute Gasteiger partial charge is 0.330 e. The minimum Gasteiger partial charge on any atom is -0.317 e. The molecule has 1 fully saturated rings. The molecule has 0 saturated carbocycles. The second kappa shape index (κ2) is 4.65. The molecule has 0 spiro atoms. The zero-order valence-electron chi connectivity index (χ0n) is 9.48. The summed E-state index contributed by atoms with van der Waals surface area (Å²) in [6.45, 7) is 2.75. The second-order valence-electron chi connectivity index (χ2n) is 4.34. The van der Waals surface area contributed by atoms with E-state index in [0.717, 1.165) is 30.5 Å². The lowest BCUT2D eigenvalue weighted by Crippen LogP contribution is -2.39. The fraction of sp³-hybridized carbons (Fsp3) is 0.636. The van der Waals surface area contributed by atoms with Gasteiger partial charge in [0.2, 0.25) is 0 Å². The predicted molar refractivity (Wildman–Crippen MR) is 61.5 cm³/mol. The van der Waals surface area contributed by atoms with Crippen molar-refractivity contribution in [1.82, 2.24) is 14.5 Å². The first-order valence-electron chi connectivity index (χ1n) is 5.65. The molecule has 0 aliphatic carbocycles. The maximum Gasteiger partial charge on any atom is 0.330 e. The molecule has 1 N–H and O–H groups in total. The molecule has 2 rings (SSSR count). The van der Waals surface area contributed by atoms with Crippen molar-refractivity contribution in [3.8, 4) is 0 Å². The summed E-state index contributed by atoms with van der Waals surface area (Å²) >= 11 is 0. The first-order chi connectivity index (χ1) is 7.68. The fourth-order valence-corrected chi connectivity index (χ4v) is 2.10. The molecule has 0 atom stereocenters. The quantitative estimate of drug-likeness (QED) is 0.738. The van der Waals surface area contributed by atoms with E-state index < -0.39 is 0 Å². The van der Waals surface area contributed by atoms with E-state index in [2.05, 4.69) is 5.32 Å². The standard InChI is InChI=1S/C11H17N3O2/c1-13-10(15)4-7-14(11(13)16)8-9-2-5-12-6-3-9/h4,7,9,12H,2-3,5-6,8H2,1H3. The summed E-state index contributed by atoms with van der Waals surface area (Å²) in [5.74, 6) is 0.538. The van der Waals surface area contributed by atoms with Crippen molar-refractivity contribution in [2.45, 2.75) is 19.4 Å². The third-order valence-corrected chi connectivity index (χ3v) is 3.17. The smallest absolute Gasteiger partial charge is 0.317 e. The number of hydrogen-bond acceptors (Lipinski definition) is 3. The van der Waals surface area contributed by atoms with Crippen LogP contribution < -0.4 is 16.6 Å². The predicted octanol–water partition coefficient (Wildman–Crippen LogP) is -0.453. The van der Waals surface area contributed by atoms with Gasteiger partial charge in [0, 0.05) is 25.9 Å². The summed E-state index contributed by atoms with van der Waals surface area (Å²) in [6, 6.07) is 1.45. The molecule has 16 heavy (non-hydrogen) atoms. The van der Waals surface area contributed by atoms with Crippen molar-refractivity contribution >= 4 is 0 Å².